The smallest absolute Gasteiger partial charge is 0.337 e. The van der Waals surface area contributed by atoms with Crippen molar-refractivity contribution in [3.05, 3.63) is 71.0 Å². The maximum atomic E-state index is 13.5. The number of carbonyl (C=O) groups excluding carboxylic acids is 2. The fourth-order valence-electron chi connectivity index (χ4n) is 5.01. The number of anilines is 1. The second-order valence-electron chi connectivity index (χ2n) is 8.86. The average molecular weight is 469 g/mol. The van der Waals surface area contributed by atoms with Gasteiger partial charge in [0.1, 0.15) is 11.6 Å². The molecular weight excluding hydrogens is 447 g/mol. The van der Waals surface area contributed by atoms with Gasteiger partial charge >= 0.3 is 5.97 Å². The fourth-order valence-corrected chi connectivity index (χ4v) is 5.13. The summed E-state index contributed by atoms with van der Waals surface area (Å²) in [5.74, 6) is -0.951. The molecule has 0 aromatic heterocycles. The predicted octanol–water partition coefficient (Wildman–Crippen LogP) is 4.70. The molecule has 3 saturated carbocycles. The number of hydrogen-bond acceptors (Lipinski definition) is 5. The van der Waals surface area contributed by atoms with Gasteiger partial charge in [-0.05, 0) is 55.0 Å². The molecule has 0 spiro atoms. The molecule has 3 aliphatic carbocycles. The number of nitrogens with one attached hydrogen (secondary N) is 2. The summed E-state index contributed by atoms with van der Waals surface area (Å²) in [4.78, 5) is 24.3. The summed E-state index contributed by atoms with van der Waals surface area (Å²) in [5, 5.41) is 8.66. The SMILES string of the molecule is COC(=O)c1ccc2cccc(NC34CC(NC(=O)COc5ccc(Cl)c(F)c5)(C3)C4)c2c1. The summed E-state index contributed by atoms with van der Waals surface area (Å²) in [6.45, 7) is -0.192. The van der Waals surface area contributed by atoms with E-state index >= 15 is 0 Å². The minimum absolute atomic E-state index is 0.00572. The number of amides is 1. The van der Waals surface area contributed by atoms with Crippen LogP contribution in [0.25, 0.3) is 10.8 Å². The van der Waals surface area contributed by atoms with E-state index in [-0.39, 0.29) is 40.3 Å². The molecule has 2 N–H and O–H groups in total. The van der Waals surface area contributed by atoms with Crippen LogP contribution < -0.4 is 15.4 Å². The normalized spacial score (nSPS) is 22.6. The zero-order valence-electron chi connectivity index (χ0n) is 17.9. The summed E-state index contributed by atoms with van der Waals surface area (Å²) >= 11 is 5.66. The molecule has 0 saturated heterocycles. The van der Waals surface area contributed by atoms with Crippen molar-refractivity contribution in [2.24, 2.45) is 0 Å². The Balaban J connectivity index is 1.19. The number of rotatable bonds is 7. The van der Waals surface area contributed by atoms with Crippen LogP contribution in [0, 0.1) is 5.82 Å². The Morgan fingerprint density at radius 2 is 1.85 bits per heavy atom. The molecule has 3 aromatic carbocycles. The van der Waals surface area contributed by atoms with E-state index in [1.54, 1.807) is 6.07 Å². The molecule has 170 valence electrons. The number of benzene rings is 3. The van der Waals surface area contributed by atoms with Crippen LogP contribution in [0.3, 0.4) is 0 Å². The molecule has 3 aromatic rings. The van der Waals surface area contributed by atoms with Crippen LogP contribution in [0.15, 0.2) is 54.6 Å². The monoisotopic (exact) mass is 468 g/mol. The first kappa shape index (κ1) is 21.5. The Labute approximate surface area is 195 Å². The van der Waals surface area contributed by atoms with Gasteiger partial charge < -0.3 is 20.1 Å². The molecule has 0 unspecified atom stereocenters. The highest BCUT2D eigenvalue weighted by molar-refractivity contribution is 6.30. The van der Waals surface area contributed by atoms with Crippen molar-refractivity contribution in [2.75, 3.05) is 19.0 Å². The van der Waals surface area contributed by atoms with Crippen molar-refractivity contribution in [3.8, 4) is 5.75 Å². The number of halogens is 2. The van der Waals surface area contributed by atoms with Gasteiger partial charge in [-0.2, -0.15) is 0 Å². The van der Waals surface area contributed by atoms with Crippen LogP contribution in [0.5, 0.6) is 5.75 Å². The van der Waals surface area contributed by atoms with E-state index in [0.29, 0.717) is 5.56 Å². The molecule has 0 atom stereocenters. The number of esters is 1. The second kappa shape index (κ2) is 7.92. The minimum atomic E-state index is -0.589. The average Bonchev–Trinajstić information content (AvgIpc) is 2.77. The Bertz CT molecular complexity index is 1260. The van der Waals surface area contributed by atoms with Crippen LogP contribution in [-0.2, 0) is 9.53 Å². The summed E-state index contributed by atoms with van der Waals surface area (Å²) in [6, 6.07) is 15.5. The summed E-state index contributed by atoms with van der Waals surface area (Å²) < 4.78 is 23.7. The standard InChI is InChI=1S/C25H22ClFN2O4/c1-32-23(31)16-6-5-15-3-2-4-21(18(15)9-16)28-24-12-25(13-24,14-24)29-22(30)11-33-17-7-8-19(26)20(27)10-17/h2-10,28H,11-14H2,1H3,(H,29,30). The van der Waals surface area contributed by atoms with Gasteiger partial charge in [0.05, 0.1) is 17.7 Å². The van der Waals surface area contributed by atoms with Crippen molar-refractivity contribution in [2.45, 2.75) is 30.3 Å². The second-order valence-corrected chi connectivity index (χ2v) is 9.27. The third-order valence-electron chi connectivity index (χ3n) is 6.40. The third-order valence-corrected chi connectivity index (χ3v) is 6.71. The van der Waals surface area contributed by atoms with Gasteiger partial charge in [0.25, 0.3) is 5.91 Å². The lowest BCUT2D eigenvalue weighted by atomic mass is 9.44. The van der Waals surface area contributed by atoms with Gasteiger partial charge in [0.2, 0.25) is 0 Å². The topological polar surface area (TPSA) is 76.7 Å². The number of ether oxygens (including phenoxy) is 2. The fraction of sp³-hybridized carbons (Fsp3) is 0.280. The molecular formula is C25H22ClFN2O4. The summed E-state index contributed by atoms with van der Waals surface area (Å²) in [5.41, 5.74) is 1.14. The van der Waals surface area contributed by atoms with E-state index in [0.717, 1.165) is 41.8 Å². The van der Waals surface area contributed by atoms with Gasteiger partial charge in [0.15, 0.2) is 6.61 Å². The molecule has 3 aliphatic rings. The van der Waals surface area contributed by atoms with Gasteiger partial charge in [0, 0.05) is 28.2 Å². The molecule has 1 amide bonds. The van der Waals surface area contributed by atoms with Gasteiger partial charge in [-0.25, -0.2) is 9.18 Å². The van der Waals surface area contributed by atoms with Crippen molar-refractivity contribution >= 4 is 39.9 Å². The van der Waals surface area contributed by atoms with E-state index in [1.807, 2.05) is 30.3 Å². The van der Waals surface area contributed by atoms with Crippen LogP contribution >= 0.6 is 11.6 Å². The number of methoxy groups -OCH3 is 1. The number of hydrogen-bond donors (Lipinski definition) is 2. The third kappa shape index (κ3) is 3.97. The van der Waals surface area contributed by atoms with Crippen molar-refractivity contribution in [3.63, 3.8) is 0 Å². The first-order valence-corrected chi connectivity index (χ1v) is 11.0. The molecule has 0 aliphatic heterocycles. The number of fused-ring (bicyclic) bond motifs is 1. The van der Waals surface area contributed by atoms with Crippen molar-refractivity contribution in [1.29, 1.82) is 0 Å². The van der Waals surface area contributed by atoms with E-state index in [2.05, 4.69) is 10.6 Å². The Kier molecular flexibility index (Phi) is 5.16. The van der Waals surface area contributed by atoms with Gasteiger partial charge in [-0.3, -0.25) is 4.79 Å². The summed E-state index contributed by atoms with van der Waals surface area (Å²) in [7, 11) is 1.37. The highest BCUT2D eigenvalue weighted by atomic mass is 35.5. The minimum Gasteiger partial charge on any atom is -0.484 e. The predicted molar refractivity (Wildman–Crippen MR) is 123 cm³/mol. The Hall–Kier alpha value is -3.32. The lowest BCUT2D eigenvalue weighted by molar-refractivity contribution is -0.135. The van der Waals surface area contributed by atoms with E-state index in [1.165, 1.54) is 19.2 Å². The zero-order valence-corrected chi connectivity index (χ0v) is 18.7. The van der Waals surface area contributed by atoms with Crippen LogP contribution in [0.1, 0.15) is 29.6 Å². The van der Waals surface area contributed by atoms with Crippen molar-refractivity contribution < 1.29 is 23.5 Å². The van der Waals surface area contributed by atoms with Gasteiger partial charge in [-0.15, -0.1) is 0 Å². The van der Waals surface area contributed by atoms with E-state index in [4.69, 9.17) is 21.1 Å². The lowest BCUT2D eigenvalue weighted by Gasteiger charge is -2.70. The number of carbonyl (C=O) groups is 2. The molecule has 3 fully saturated rings. The first-order chi connectivity index (χ1) is 15.8. The van der Waals surface area contributed by atoms with Gasteiger partial charge in [-0.1, -0.05) is 29.8 Å². The quantitative estimate of drug-likeness (QED) is 0.491. The lowest BCUT2D eigenvalue weighted by Crippen LogP contribution is -2.81. The molecule has 0 heterocycles. The molecule has 33 heavy (non-hydrogen) atoms. The first-order valence-electron chi connectivity index (χ1n) is 10.6. The maximum absolute atomic E-state index is 13.5. The van der Waals surface area contributed by atoms with Crippen LogP contribution in [0.4, 0.5) is 10.1 Å². The van der Waals surface area contributed by atoms with Crippen molar-refractivity contribution in [1.82, 2.24) is 5.32 Å². The highest BCUT2D eigenvalue weighted by Crippen LogP contribution is 2.62. The van der Waals surface area contributed by atoms with E-state index in [9.17, 15) is 14.0 Å². The van der Waals surface area contributed by atoms with Crippen LogP contribution in [-0.4, -0.2) is 36.7 Å². The molecule has 6 rings (SSSR count). The van der Waals surface area contributed by atoms with E-state index < -0.39 is 5.82 Å². The zero-order chi connectivity index (χ0) is 23.2. The maximum Gasteiger partial charge on any atom is 0.337 e. The highest BCUT2D eigenvalue weighted by Gasteiger charge is 2.68. The molecule has 6 nitrogen and oxygen atoms in total. The molecule has 8 heteroatoms. The van der Waals surface area contributed by atoms with Crippen LogP contribution in [0.2, 0.25) is 5.02 Å². The summed E-state index contributed by atoms with van der Waals surface area (Å²) in [6.07, 6.45) is 2.40. The largest absolute Gasteiger partial charge is 0.484 e. The Morgan fingerprint density at radius 3 is 2.58 bits per heavy atom. The Morgan fingerprint density at radius 1 is 1.06 bits per heavy atom. The molecule has 2 bridgehead atoms. The molecule has 0 radical (unpaired) electrons.